The van der Waals surface area contributed by atoms with Gasteiger partial charge in [-0.3, -0.25) is 0 Å². The third kappa shape index (κ3) is 5.70. The number of halogens is 2. The Balaban J connectivity index is 2.39. The first-order valence-corrected chi connectivity index (χ1v) is 7.37. The molecule has 0 aromatic heterocycles. The summed E-state index contributed by atoms with van der Waals surface area (Å²) < 4.78 is 0.933. The summed E-state index contributed by atoms with van der Waals surface area (Å²) >= 11 is 9.38. The first kappa shape index (κ1) is 16.0. The predicted molar refractivity (Wildman–Crippen MR) is 81.0 cm³/mol. The second-order valence-electron chi connectivity index (χ2n) is 5.34. The van der Waals surface area contributed by atoms with E-state index in [2.05, 4.69) is 35.1 Å². The molecule has 4 heteroatoms. The fourth-order valence-corrected chi connectivity index (χ4v) is 2.38. The first-order valence-electron chi connectivity index (χ1n) is 6.20. The van der Waals surface area contributed by atoms with Gasteiger partial charge in [0.2, 0.25) is 0 Å². The molecule has 0 aliphatic carbocycles. The molecule has 0 fully saturated rings. The van der Waals surface area contributed by atoms with E-state index >= 15 is 0 Å². The topological polar surface area (TPSA) is 32.3 Å². The zero-order valence-corrected chi connectivity index (χ0v) is 13.3. The number of aliphatic hydroxyl groups excluding tert-OH is 1. The Morgan fingerprint density at radius 3 is 2.72 bits per heavy atom. The standard InChI is InChI=1S/C14H21BrClNO/c1-14(2,6-3-7-18)10-17-9-11-4-5-13(16)12(15)8-11/h4-5,8,17-18H,3,6-7,9-10H2,1-2H3. The summed E-state index contributed by atoms with van der Waals surface area (Å²) in [4.78, 5) is 0. The zero-order chi connectivity index (χ0) is 13.6. The molecule has 0 saturated heterocycles. The molecule has 0 spiro atoms. The lowest BCUT2D eigenvalue weighted by molar-refractivity contribution is 0.236. The normalized spacial score (nSPS) is 11.8. The summed E-state index contributed by atoms with van der Waals surface area (Å²) in [6, 6.07) is 5.97. The van der Waals surface area contributed by atoms with E-state index in [0.717, 1.165) is 35.4 Å². The highest BCUT2D eigenvalue weighted by Gasteiger charge is 2.16. The lowest BCUT2D eigenvalue weighted by Crippen LogP contribution is -2.29. The summed E-state index contributed by atoms with van der Waals surface area (Å²) in [6.07, 6.45) is 1.89. The number of hydrogen-bond donors (Lipinski definition) is 2. The van der Waals surface area contributed by atoms with Crippen molar-refractivity contribution in [2.75, 3.05) is 13.2 Å². The van der Waals surface area contributed by atoms with Crippen LogP contribution in [-0.4, -0.2) is 18.3 Å². The molecule has 0 bridgehead atoms. The van der Waals surface area contributed by atoms with Gasteiger partial charge >= 0.3 is 0 Å². The van der Waals surface area contributed by atoms with Crippen molar-refractivity contribution in [2.24, 2.45) is 5.41 Å². The van der Waals surface area contributed by atoms with Gasteiger partial charge < -0.3 is 10.4 Å². The SMILES string of the molecule is CC(C)(CCCO)CNCc1ccc(Cl)c(Br)c1. The summed E-state index contributed by atoms with van der Waals surface area (Å²) in [5.41, 5.74) is 1.43. The number of rotatable bonds is 7. The highest BCUT2D eigenvalue weighted by Crippen LogP contribution is 2.24. The van der Waals surface area contributed by atoms with Gasteiger partial charge in [0.1, 0.15) is 0 Å². The number of aliphatic hydroxyl groups is 1. The molecule has 1 aromatic rings. The Labute approximate surface area is 123 Å². The van der Waals surface area contributed by atoms with E-state index in [-0.39, 0.29) is 12.0 Å². The second kappa shape index (κ2) is 7.49. The van der Waals surface area contributed by atoms with Crippen LogP contribution in [0.4, 0.5) is 0 Å². The van der Waals surface area contributed by atoms with Crippen LogP contribution in [0.3, 0.4) is 0 Å². The van der Waals surface area contributed by atoms with E-state index in [0.29, 0.717) is 0 Å². The molecule has 0 aliphatic heterocycles. The minimum Gasteiger partial charge on any atom is -0.396 e. The van der Waals surface area contributed by atoms with Crippen molar-refractivity contribution in [1.82, 2.24) is 5.32 Å². The van der Waals surface area contributed by atoms with Crippen molar-refractivity contribution in [3.8, 4) is 0 Å². The van der Waals surface area contributed by atoms with Crippen LogP contribution >= 0.6 is 27.5 Å². The maximum Gasteiger partial charge on any atom is 0.0548 e. The van der Waals surface area contributed by atoms with Crippen LogP contribution in [0, 0.1) is 5.41 Å². The van der Waals surface area contributed by atoms with E-state index < -0.39 is 0 Å². The van der Waals surface area contributed by atoms with Gasteiger partial charge in [-0.1, -0.05) is 31.5 Å². The zero-order valence-electron chi connectivity index (χ0n) is 11.0. The van der Waals surface area contributed by atoms with Crippen molar-refractivity contribution in [1.29, 1.82) is 0 Å². The molecule has 0 aliphatic rings. The van der Waals surface area contributed by atoms with Gasteiger partial charge in [-0.15, -0.1) is 0 Å². The van der Waals surface area contributed by atoms with Gasteiger partial charge in [-0.05, 0) is 51.9 Å². The summed E-state index contributed by atoms with van der Waals surface area (Å²) in [5, 5.41) is 13.0. The maximum absolute atomic E-state index is 8.85. The lowest BCUT2D eigenvalue weighted by atomic mass is 9.88. The molecule has 2 N–H and O–H groups in total. The molecule has 0 amide bonds. The fraction of sp³-hybridized carbons (Fsp3) is 0.571. The first-order chi connectivity index (χ1) is 8.44. The molecule has 0 heterocycles. The molecule has 0 unspecified atom stereocenters. The minimum absolute atomic E-state index is 0.215. The van der Waals surface area contributed by atoms with Gasteiger partial charge in [0.05, 0.1) is 5.02 Å². The quantitative estimate of drug-likeness (QED) is 0.790. The van der Waals surface area contributed by atoms with Crippen molar-refractivity contribution in [3.05, 3.63) is 33.3 Å². The highest BCUT2D eigenvalue weighted by molar-refractivity contribution is 9.10. The molecule has 102 valence electrons. The molecular weight excluding hydrogens is 314 g/mol. The average molecular weight is 335 g/mol. The summed E-state index contributed by atoms with van der Waals surface area (Å²) in [7, 11) is 0. The second-order valence-corrected chi connectivity index (χ2v) is 6.60. The van der Waals surface area contributed by atoms with Crippen molar-refractivity contribution in [3.63, 3.8) is 0 Å². The Hall–Kier alpha value is -0.0900. The minimum atomic E-state index is 0.215. The van der Waals surface area contributed by atoms with Gasteiger partial charge in [-0.2, -0.15) is 0 Å². The lowest BCUT2D eigenvalue weighted by Gasteiger charge is -2.24. The van der Waals surface area contributed by atoms with Crippen LogP contribution < -0.4 is 5.32 Å². The van der Waals surface area contributed by atoms with Crippen LogP contribution in [0.15, 0.2) is 22.7 Å². The Bertz CT molecular complexity index is 382. The third-order valence-electron chi connectivity index (χ3n) is 2.93. The number of hydrogen-bond acceptors (Lipinski definition) is 2. The van der Waals surface area contributed by atoms with Crippen molar-refractivity contribution < 1.29 is 5.11 Å². The fourth-order valence-electron chi connectivity index (χ4n) is 1.84. The van der Waals surface area contributed by atoms with Crippen LogP contribution in [-0.2, 0) is 6.54 Å². The Morgan fingerprint density at radius 2 is 2.11 bits per heavy atom. The van der Waals surface area contributed by atoms with E-state index in [9.17, 15) is 0 Å². The molecular formula is C14H21BrClNO. The summed E-state index contributed by atoms with van der Waals surface area (Å²) in [5.74, 6) is 0. The van der Waals surface area contributed by atoms with Gasteiger partial charge in [0.15, 0.2) is 0 Å². The van der Waals surface area contributed by atoms with Gasteiger partial charge in [0.25, 0.3) is 0 Å². The Morgan fingerprint density at radius 1 is 1.39 bits per heavy atom. The van der Waals surface area contributed by atoms with Crippen LogP contribution in [0.1, 0.15) is 32.3 Å². The molecule has 0 radical (unpaired) electrons. The third-order valence-corrected chi connectivity index (χ3v) is 4.14. The van der Waals surface area contributed by atoms with E-state index in [1.54, 1.807) is 0 Å². The molecule has 0 atom stereocenters. The smallest absolute Gasteiger partial charge is 0.0548 e. The van der Waals surface area contributed by atoms with E-state index in [1.807, 2.05) is 18.2 Å². The molecule has 18 heavy (non-hydrogen) atoms. The largest absolute Gasteiger partial charge is 0.396 e. The van der Waals surface area contributed by atoms with Gasteiger partial charge in [0, 0.05) is 24.2 Å². The van der Waals surface area contributed by atoms with E-state index in [1.165, 1.54) is 5.56 Å². The number of nitrogens with one attached hydrogen (secondary N) is 1. The molecule has 0 saturated carbocycles. The molecule has 1 rings (SSSR count). The number of benzene rings is 1. The van der Waals surface area contributed by atoms with Crippen molar-refractivity contribution >= 4 is 27.5 Å². The Kier molecular flexibility index (Phi) is 6.64. The van der Waals surface area contributed by atoms with E-state index in [4.69, 9.17) is 16.7 Å². The monoisotopic (exact) mass is 333 g/mol. The maximum atomic E-state index is 8.85. The predicted octanol–water partition coefficient (Wildman–Crippen LogP) is 3.99. The highest BCUT2D eigenvalue weighted by atomic mass is 79.9. The van der Waals surface area contributed by atoms with Crippen LogP contribution in [0.2, 0.25) is 5.02 Å². The molecule has 1 aromatic carbocycles. The summed E-state index contributed by atoms with van der Waals surface area (Å²) in [6.45, 7) is 6.47. The van der Waals surface area contributed by atoms with Crippen molar-refractivity contribution in [2.45, 2.75) is 33.2 Å². The van der Waals surface area contributed by atoms with Crippen LogP contribution in [0.25, 0.3) is 0 Å². The van der Waals surface area contributed by atoms with Gasteiger partial charge in [-0.25, -0.2) is 0 Å². The average Bonchev–Trinajstić information content (AvgIpc) is 2.31. The molecule has 2 nitrogen and oxygen atoms in total. The van der Waals surface area contributed by atoms with Crippen LogP contribution in [0.5, 0.6) is 0 Å².